The summed E-state index contributed by atoms with van der Waals surface area (Å²) < 4.78 is 56.4. The topological polar surface area (TPSA) is 106 Å². The van der Waals surface area contributed by atoms with Crippen molar-refractivity contribution in [3.05, 3.63) is 59.8 Å². The molecule has 4 heterocycles. The minimum absolute atomic E-state index is 0.00854. The van der Waals surface area contributed by atoms with Crippen LogP contribution in [0.2, 0.25) is 0 Å². The number of rotatable bonds is 8. The Morgan fingerprint density at radius 1 is 1.20 bits per heavy atom. The number of fused-ring (bicyclic) bond motifs is 1. The van der Waals surface area contributed by atoms with E-state index in [-0.39, 0.29) is 23.7 Å². The summed E-state index contributed by atoms with van der Waals surface area (Å²) >= 11 is 0. The van der Waals surface area contributed by atoms with Crippen LogP contribution in [0.4, 0.5) is 29.1 Å². The van der Waals surface area contributed by atoms with Gasteiger partial charge >= 0.3 is 6.18 Å². The van der Waals surface area contributed by atoms with E-state index in [1.807, 2.05) is 17.9 Å². The molecule has 3 N–H and O–H groups in total. The molecule has 212 valence electrons. The zero-order valence-corrected chi connectivity index (χ0v) is 22.0. The van der Waals surface area contributed by atoms with E-state index < -0.39 is 18.5 Å². The van der Waals surface area contributed by atoms with Gasteiger partial charge in [0.1, 0.15) is 6.67 Å². The van der Waals surface area contributed by atoms with Crippen molar-refractivity contribution in [2.24, 2.45) is 11.7 Å². The second-order valence-corrected chi connectivity index (χ2v) is 9.78. The van der Waals surface area contributed by atoms with Gasteiger partial charge in [-0.15, -0.1) is 0 Å². The van der Waals surface area contributed by atoms with Gasteiger partial charge in [0.2, 0.25) is 0 Å². The third-order valence-electron chi connectivity index (χ3n) is 7.26. The van der Waals surface area contributed by atoms with Crippen molar-refractivity contribution < 1.29 is 22.4 Å². The maximum absolute atomic E-state index is 13.7. The van der Waals surface area contributed by atoms with E-state index in [2.05, 4.69) is 20.4 Å². The number of benzene rings is 1. The summed E-state index contributed by atoms with van der Waals surface area (Å²) in [6, 6.07) is 5.43. The zero-order valence-electron chi connectivity index (χ0n) is 22.0. The standard InChI is InChI=1S/C27H30F4N8O/c1-2-18-13-19(3-4-20(18)26(40)37-9-5-17(14-32)6-10-37)35-24-25-34-15-22(39(25)12-8-33-24)21-16-38(11-7-28)36-23(21)27(29,30)31/h3-4,8,12-13,15-17H,2,5-7,9-11,14,32H2,1H3,(H,33,35). The number of anilines is 2. The van der Waals surface area contributed by atoms with Gasteiger partial charge in [0, 0.05) is 42.9 Å². The normalized spacial score (nSPS) is 14.7. The van der Waals surface area contributed by atoms with Crippen molar-refractivity contribution in [1.82, 2.24) is 29.0 Å². The molecule has 4 aromatic rings. The molecule has 3 aromatic heterocycles. The number of carbonyl (C=O) groups excluding carboxylic acids is 1. The van der Waals surface area contributed by atoms with Crippen LogP contribution in [0.3, 0.4) is 0 Å². The SMILES string of the molecule is CCc1cc(Nc2nccn3c(-c4cn(CCF)nc4C(F)(F)F)cnc23)ccc1C(=O)N1CCC(CN)CC1. The fraction of sp³-hybridized carbons (Fsp3) is 0.407. The lowest BCUT2D eigenvalue weighted by Crippen LogP contribution is -2.40. The van der Waals surface area contributed by atoms with Crippen LogP contribution in [-0.4, -0.2) is 61.3 Å². The molecule has 1 aliphatic heterocycles. The van der Waals surface area contributed by atoms with E-state index in [1.54, 1.807) is 12.1 Å². The fourth-order valence-corrected chi connectivity index (χ4v) is 5.08. The lowest BCUT2D eigenvalue weighted by Gasteiger charge is -2.32. The number of hydrogen-bond donors (Lipinski definition) is 2. The van der Waals surface area contributed by atoms with Gasteiger partial charge in [-0.3, -0.25) is 13.9 Å². The largest absolute Gasteiger partial charge is 0.435 e. The van der Waals surface area contributed by atoms with Crippen molar-refractivity contribution in [3.63, 3.8) is 0 Å². The van der Waals surface area contributed by atoms with Crippen LogP contribution in [0.15, 0.2) is 43.0 Å². The average Bonchev–Trinajstić information content (AvgIpc) is 3.58. The van der Waals surface area contributed by atoms with Crippen LogP contribution in [0, 0.1) is 5.92 Å². The quantitative estimate of drug-likeness (QED) is 0.304. The molecule has 5 rings (SSSR count). The average molecular weight is 559 g/mol. The highest BCUT2D eigenvalue weighted by molar-refractivity contribution is 5.96. The monoisotopic (exact) mass is 558 g/mol. The van der Waals surface area contributed by atoms with Gasteiger partial charge in [-0.2, -0.15) is 18.3 Å². The second-order valence-electron chi connectivity index (χ2n) is 9.78. The first-order chi connectivity index (χ1) is 19.2. The lowest BCUT2D eigenvalue weighted by atomic mass is 9.95. The number of nitrogens with two attached hydrogens (primary N) is 1. The molecule has 0 radical (unpaired) electrons. The third-order valence-corrected chi connectivity index (χ3v) is 7.26. The Bertz CT molecular complexity index is 1500. The first-order valence-corrected chi connectivity index (χ1v) is 13.2. The van der Waals surface area contributed by atoms with E-state index in [0.29, 0.717) is 54.7 Å². The number of likely N-dealkylation sites (tertiary alicyclic amines) is 1. The van der Waals surface area contributed by atoms with E-state index in [0.717, 1.165) is 23.1 Å². The Kier molecular flexibility index (Phi) is 7.74. The summed E-state index contributed by atoms with van der Waals surface area (Å²) in [5, 5.41) is 6.74. The van der Waals surface area contributed by atoms with Crippen LogP contribution in [0.25, 0.3) is 16.9 Å². The molecule has 0 atom stereocenters. The van der Waals surface area contributed by atoms with Crippen LogP contribution >= 0.6 is 0 Å². The zero-order chi connectivity index (χ0) is 28.4. The summed E-state index contributed by atoms with van der Waals surface area (Å²) in [5.41, 5.74) is 7.05. The molecule has 0 bridgehead atoms. The summed E-state index contributed by atoms with van der Waals surface area (Å²) in [5.74, 6) is 0.764. The minimum Gasteiger partial charge on any atom is -0.339 e. The van der Waals surface area contributed by atoms with Crippen LogP contribution in [0.5, 0.6) is 0 Å². The van der Waals surface area contributed by atoms with Crippen molar-refractivity contribution in [2.45, 2.75) is 38.9 Å². The number of imidazole rings is 1. The van der Waals surface area contributed by atoms with Gasteiger partial charge < -0.3 is 16.0 Å². The molecule has 1 fully saturated rings. The molecule has 13 heteroatoms. The summed E-state index contributed by atoms with van der Waals surface area (Å²) in [6.07, 6.45) is 3.11. The number of alkyl halides is 4. The van der Waals surface area contributed by atoms with Gasteiger partial charge in [-0.1, -0.05) is 6.92 Å². The maximum Gasteiger partial charge on any atom is 0.435 e. The van der Waals surface area contributed by atoms with E-state index >= 15 is 0 Å². The molecule has 40 heavy (non-hydrogen) atoms. The summed E-state index contributed by atoms with van der Waals surface area (Å²) in [7, 11) is 0. The molecule has 1 aromatic carbocycles. The molecular formula is C27H30F4N8O. The molecule has 0 aliphatic carbocycles. The van der Waals surface area contributed by atoms with E-state index in [4.69, 9.17) is 5.73 Å². The highest BCUT2D eigenvalue weighted by Crippen LogP contribution is 2.37. The molecule has 1 saturated heterocycles. The fourth-order valence-electron chi connectivity index (χ4n) is 5.08. The van der Waals surface area contributed by atoms with Crippen LogP contribution in [0.1, 0.15) is 41.4 Å². The van der Waals surface area contributed by atoms with Gasteiger partial charge in [0.15, 0.2) is 17.2 Å². The minimum atomic E-state index is -4.73. The van der Waals surface area contributed by atoms with Gasteiger partial charge in [0.25, 0.3) is 5.91 Å². The Balaban J connectivity index is 1.43. The number of aryl methyl sites for hydroxylation is 2. The molecule has 9 nitrogen and oxygen atoms in total. The Morgan fingerprint density at radius 2 is 1.98 bits per heavy atom. The summed E-state index contributed by atoms with van der Waals surface area (Å²) in [4.78, 5) is 23.8. The Hall–Kier alpha value is -4.00. The van der Waals surface area contributed by atoms with Crippen molar-refractivity contribution in [3.8, 4) is 11.3 Å². The van der Waals surface area contributed by atoms with Gasteiger partial charge in [0.05, 0.1) is 24.0 Å². The Morgan fingerprint density at radius 3 is 2.65 bits per heavy atom. The summed E-state index contributed by atoms with van der Waals surface area (Å²) in [6.45, 7) is 2.83. The van der Waals surface area contributed by atoms with E-state index in [9.17, 15) is 22.4 Å². The first-order valence-electron chi connectivity index (χ1n) is 13.2. The second kappa shape index (κ2) is 11.2. The number of nitrogens with one attached hydrogen (secondary N) is 1. The molecule has 1 amide bonds. The molecule has 0 unspecified atom stereocenters. The number of amides is 1. The van der Waals surface area contributed by atoms with Gasteiger partial charge in [-0.05, 0) is 55.5 Å². The first kappa shape index (κ1) is 27.6. The molecule has 1 aliphatic rings. The number of aromatic nitrogens is 5. The van der Waals surface area contributed by atoms with Crippen molar-refractivity contribution in [1.29, 1.82) is 0 Å². The molecule has 0 saturated carbocycles. The van der Waals surface area contributed by atoms with Crippen LogP contribution < -0.4 is 11.1 Å². The predicted molar refractivity (Wildman–Crippen MR) is 142 cm³/mol. The van der Waals surface area contributed by atoms with Crippen molar-refractivity contribution >= 4 is 23.1 Å². The molecule has 0 spiro atoms. The smallest absolute Gasteiger partial charge is 0.339 e. The number of halogens is 4. The predicted octanol–water partition coefficient (Wildman–Crippen LogP) is 4.70. The van der Waals surface area contributed by atoms with Crippen molar-refractivity contribution in [2.75, 3.05) is 31.6 Å². The number of hydrogen-bond acceptors (Lipinski definition) is 6. The highest BCUT2D eigenvalue weighted by Gasteiger charge is 2.38. The third kappa shape index (κ3) is 5.37. The molecular weight excluding hydrogens is 528 g/mol. The Labute approximate surface area is 228 Å². The van der Waals surface area contributed by atoms with E-state index in [1.165, 1.54) is 29.2 Å². The highest BCUT2D eigenvalue weighted by atomic mass is 19.4. The maximum atomic E-state index is 13.7. The number of piperidine rings is 1. The number of carbonyl (C=O) groups is 1. The number of nitrogens with zero attached hydrogens (tertiary/aromatic N) is 6. The lowest BCUT2D eigenvalue weighted by molar-refractivity contribution is -0.141. The van der Waals surface area contributed by atoms with Gasteiger partial charge in [-0.25, -0.2) is 14.4 Å². The van der Waals surface area contributed by atoms with Crippen LogP contribution in [-0.2, 0) is 19.1 Å².